The molecule has 1 spiro atoms. The van der Waals surface area contributed by atoms with Crippen LogP contribution in [0.25, 0.3) is 0 Å². The largest absolute Gasteiger partial charge is 0.386 e. The van der Waals surface area contributed by atoms with Crippen molar-refractivity contribution in [1.82, 2.24) is 4.98 Å². The summed E-state index contributed by atoms with van der Waals surface area (Å²) in [7, 11) is -1.21. The van der Waals surface area contributed by atoms with Crippen molar-refractivity contribution in [2.45, 2.75) is 23.6 Å². The summed E-state index contributed by atoms with van der Waals surface area (Å²) in [5, 5.41) is 2.59. The van der Waals surface area contributed by atoms with Crippen LogP contribution in [0.1, 0.15) is 34.9 Å². The smallest absolute Gasteiger partial charge is 0.274 e. The van der Waals surface area contributed by atoms with Gasteiger partial charge in [-0.25, -0.2) is 13.8 Å². The van der Waals surface area contributed by atoms with Crippen molar-refractivity contribution >= 4 is 28.2 Å². The van der Waals surface area contributed by atoms with Gasteiger partial charge in [-0.05, 0) is 43.2 Å². The topological polar surface area (TPSA) is 97.4 Å². The van der Waals surface area contributed by atoms with E-state index in [1.54, 1.807) is 0 Å². The van der Waals surface area contributed by atoms with E-state index in [4.69, 9.17) is 5.73 Å². The Bertz CT molecular complexity index is 974. The Morgan fingerprint density at radius 2 is 2.04 bits per heavy atom. The monoisotopic (exact) mass is 390 g/mol. The zero-order valence-corrected chi connectivity index (χ0v) is 14.9. The third-order valence-corrected chi connectivity index (χ3v) is 6.89. The van der Waals surface area contributed by atoms with Gasteiger partial charge in [0.25, 0.3) is 5.91 Å². The van der Waals surface area contributed by atoms with E-state index >= 15 is 0 Å². The quantitative estimate of drug-likeness (QED) is 0.840. The maximum Gasteiger partial charge on any atom is 0.274 e. The molecule has 2 aliphatic rings. The molecular weight excluding hydrogens is 374 g/mol. The number of nitrogens with two attached hydrogens (primary N) is 1. The number of hydrogen-bond acceptors (Lipinski definition) is 5. The van der Waals surface area contributed by atoms with E-state index in [0.717, 1.165) is 25.1 Å². The molecular formula is C18H16F2N4O2S. The Kier molecular flexibility index (Phi) is 4.26. The summed E-state index contributed by atoms with van der Waals surface area (Å²) in [5.41, 5.74) is 6.55. The van der Waals surface area contributed by atoms with Crippen LogP contribution in [0.2, 0.25) is 0 Å². The molecule has 140 valence electrons. The van der Waals surface area contributed by atoms with E-state index in [1.807, 2.05) is 0 Å². The lowest BCUT2D eigenvalue weighted by Crippen LogP contribution is -2.41. The molecule has 3 N–H and O–H groups in total. The van der Waals surface area contributed by atoms with Crippen LogP contribution in [-0.2, 0) is 10.8 Å². The maximum absolute atomic E-state index is 14.3. The van der Waals surface area contributed by atoms with E-state index < -0.39 is 39.1 Å². The molecule has 1 amide bonds. The normalized spacial score (nSPS) is 23.0. The van der Waals surface area contributed by atoms with Crippen molar-refractivity contribution in [2.24, 2.45) is 10.7 Å². The molecule has 0 radical (unpaired) electrons. The summed E-state index contributed by atoms with van der Waals surface area (Å²) in [6.45, 7) is 0. The van der Waals surface area contributed by atoms with Crippen LogP contribution in [0, 0.1) is 11.6 Å². The molecule has 2 heterocycles. The van der Waals surface area contributed by atoms with Gasteiger partial charge in [-0.2, -0.15) is 0 Å². The molecule has 1 aromatic carbocycles. The van der Waals surface area contributed by atoms with Crippen LogP contribution < -0.4 is 11.1 Å². The van der Waals surface area contributed by atoms with Crippen molar-refractivity contribution in [2.75, 3.05) is 11.1 Å². The molecule has 1 aliphatic carbocycles. The highest BCUT2D eigenvalue weighted by Crippen LogP contribution is 2.46. The number of carbonyl (C=O) groups is 1. The lowest BCUT2D eigenvalue weighted by molar-refractivity contribution is 0.102. The summed E-state index contributed by atoms with van der Waals surface area (Å²) in [4.78, 5) is 20.3. The second kappa shape index (κ2) is 6.49. The fourth-order valence-corrected chi connectivity index (χ4v) is 4.78. The SMILES string of the molecule is NC1=NC(c2cc(NC(=O)c3ccc(F)cn3)ccc2F)CS(=O)C12CC2. The minimum Gasteiger partial charge on any atom is -0.386 e. The molecule has 27 heavy (non-hydrogen) atoms. The van der Waals surface area contributed by atoms with E-state index in [2.05, 4.69) is 15.3 Å². The second-order valence-corrected chi connectivity index (χ2v) is 8.39. The molecule has 2 unspecified atom stereocenters. The number of amidine groups is 1. The van der Waals surface area contributed by atoms with Crippen LogP contribution in [0.5, 0.6) is 0 Å². The summed E-state index contributed by atoms with van der Waals surface area (Å²) in [6, 6.07) is 5.76. The van der Waals surface area contributed by atoms with Gasteiger partial charge in [0.15, 0.2) is 0 Å². The number of aromatic nitrogens is 1. The summed E-state index contributed by atoms with van der Waals surface area (Å²) in [6.07, 6.45) is 2.42. The van der Waals surface area contributed by atoms with Gasteiger partial charge in [0, 0.05) is 22.1 Å². The fraction of sp³-hybridized carbons (Fsp3) is 0.278. The Morgan fingerprint density at radius 3 is 2.67 bits per heavy atom. The molecule has 0 saturated heterocycles. The van der Waals surface area contributed by atoms with Crippen LogP contribution in [0.4, 0.5) is 14.5 Å². The Balaban J connectivity index is 1.59. The third kappa shape index (κ3) is 3.23. The van der Waals surface area contributed by atoms with Crippen LogP contribution in [0.15, 0.2) is 41.5 Å². The van der Waals surface area contributed by atoms with Crippen molar-refractivity contribution < 1.29 is 17.8 Å². The number of nitrogens with one attached hydrogen (secondary N) is 1. The van der Waals surface area contributed by atoms with Crippen molar-refractivity contribution in [3.05, 3.63) is 59.4 Å². The molecule has 9 heteroatoms. The first-order valence-electron chi connectivity index (χ1n) is 8.34. The minimum atomic E-state index is -1.21. The van der Waals surface area contributed by atoms with Crippen molar-refractivity contribution in [1.29, 1.82) is 0 Å². The summed E-state index contributed by atoms with van der Waals surface area (Å²) >= 11 is 0. The van der Waals surface area contributed by atoms with Gasteiger partial charge in [-0.15, -0.1) is 0 Å². The summed E-state index contributed by atoms with van der Waals surface area (Å²) in [5.74, 6) is -1.13. The highest BCUT2D eigenvalue weighted by atomic mass is 32.2. The van der Waals surface area contributed by atoms with E-state index in [0.29, 0.717) is 11.5 Å². The standard InChI is InChI=1S/C18H16F2N4O2S/c19-10-1-4-14(22-8-10)16(25)23-11-2-3-13(20)12(7-11)15-9-27(26)18(5-6-18)17(21)24-15/h1-4,7-8,15H,5-6,9H2,(H2,21,24)(H,23,25). The highest BCUT2D eigenvalue weighted by Gasteiger charge is 2.55. The molecule has 0 bridgehead atoms. The molecule has 1 fully saturated rings. The highest BCUT2D eigenvalue weighted by molar-refractivity contribution is 7.87. The first-order chi connectivity index (χ1) is 12.9. The van der Waals surface area contributed by atoms with Crippen LogP contribution in [-0.4, -0.2) is 31.4 Å². The van der Waals surface area contributed by atoms with E-state index in [-0.39, 0.29) is 17.0 Å². The zero-order chi connectivity index (χ0) is 19.2. The van der Waals surface area contributed by atoms with Gasteiger partial charge in [0.2, 0.25) is 0 Å². The average Bonchev–Trinajstić information content (AvgIpc) is 3.44. The average molecular weight is 390 g/mol. The number of rotatable bonds is 3. The number of nitrogens with zero attached hydrogens (tertiary/aromatic N) is 2. The minimum absolute atomic E-state index is 0.0268. The lowest BCUT2D eigenvalue weighted by Gasteiger charge is -2.25. The van der Waals surface area contributed by atoms with Crippen molar-refractivity contribution in [3.63, 3.8) is 0 Å². The summed E-state index contributed by atoms with van der Waals surface area (Å²) < 4.78 is 39.2. The van der Waals surface area contributed by atoms with Crippen LogP contribution >= 0.6 is 0 Å². The number of pyridine rings is 1. The van der Waals surface area contributed by atoms with Gasteiger partial charge in [0.05, 0.1) is 18.0 Å². The predicted molar refractivity (Wildman–Crippen MR) is 97.9 cm³/mol. The third-order valence-electron chi connectivity index (χ3n) is 4.78. The van der Waals surface area contributed by atoms with Gasteiger partial charge >= 0.3 is 0 Å². The van der Waals surface area contributed by atoms with Gasteiger partial charge in [-0.1, -0.05) is 0 Å². The Hall–Kier alpha value is -2.68. The fourth-order valence-electron chi connectivity index (χ4n) is 3.08. The second-order valence-electron chi connectivity index (χ2n) is 6.59. The number of hydrogen-bond donors (Lipinski definition) is 2. The molecule has 1 aliphatic heterocycles. The van der Waals surface area contributed by atoms with Gasteiger partial charge < -0.3 is 11.1 Å². The lowest BCUT2D eigenvalue weighted by atomic mass is 10.1. The van der Waals surface area contributed by atoms with Crippen LogP contribution in [0.3, 0.4) is 0 Å². The molecule has 1 aromatic heterocycles. The first-order valence-corrected chi connectivity index (χ1v) is 9.65. The number of amides is 1. The Morgan fingerprint density at radius 1 is 1.26 bits per heavy atom. The number of halogens is 2. The Labute approximate surface area is 156 Å². The van der Waals surface area contributed by atoms with Gasteiger partial charge in [-0.3, -0.25) is 14.0 Å². The molecule has 2 atom stereocenters. The number of benzene rings is 1. The van der Waals surface area contributed by atoms with E-state index in [1.165, 1.54) is 24.3 Å². The maximum atomic E-state index is 14.3. The van der Waals surface area contributed by atoms with Crippen molar-refractivity contribution in [3.8, 4) is 0 Å². The number of carbonyl (C=O) groups excluding carboxylic acids is 1. The van der Waals surface area contributed by atoms with Gasteiger partial charge in [0.1, 0.15) is 27.9 Å². The molecule has 4 rings (SSSR count). The first kappa shape index (κ1) is 17.7. The predicted octanol–water partition coefficient (Wildman–Crippen LogP) is 2.31. The molecule has 1 saturated carbocycles. The number of anilines is 1. The molecule has 6 nitrogen and oxygen atoms in total. The number of aliphatic imine (C=N–C) groups is 1. The van der Waals surface area contributed by atoms with E-state index in [9.17, 15) is 17.8 Å². The zero-order valence-electron chi connectivity index (χ0n) is 14.1. The molecule has 2 aromatic rings.